The van der Waals surface area contributed by atoms with Gasteiger partial charge in [0, 0.05) is 17.4 Å². The van der Waals surface area contributed by atoms with E-state index in [-0.39, 0.29) is 17.6 Å². The standard InChI is InChI=1S/C32H25N3O4S/c1-20-8-12-24(13-9-20)38-25-14-10-23(11-15-25)35-30(29(34-32(35)40)26-7-2-3-18-33-26)28-17-16-27(39-28)21-5-4-6-22(19-21)31(36)37/h2-19,29-30H,1H3,(H,34,40)(H,36,37)/t29-,30-/m0/s1. The van der Waals surface area contributed by atoms with E-state index in [4.69, 9.17) is 21.4 Å². The summed E-state index contributed by atoms with van der Waals surface area (Å²) in [7, 11) is 0. The zero-order chi connectivity index (χ0) is 27.6. The minimum atomic E-state index is -0.991. The maximum absolute atomic E-state index is 11.5. The molecule has 3 heterocycles. The van der Waals surface area contributed by atoms with E-state index in [1.165, 1.54) is 5.56 Å². The van der Waals surface area contributed by atoms with Gasteiger partial charge >= 0.3 is 5.97 Å². The van der Waals surface area contributed by atoms with Gasteiger partial charge in [-0.15, -0.1) is 0 Å². The molecule has 7 nitrogen and oxygen atoms in total. The fourth-order valence-electron chi connectivity index (χ4n) is 4.81. The number of carboxylic acids is 1. The van der Waals surface area contributed by atoms with Crippen LogP contribution in [0.25, 0.3) is 11.3 Å². The number of anilines is 1. The van der Waals surface area contributed by atoms with Gasteiger partial charge in [0.1, 0.15) is 29.1 Å². The number of thiocarbonyl (C=S) groups is 1. The number of aromatic carboxylic acids is 1. The largest absolute Gasteiger partial charge is 0.478 e. The number of furan rings is 1. The van der Waals surface area contributed by atoms with Crippen LogP contribution < -0.4 is 15.0 Å². The van der Waals surface area contributed by atoms with E-state index in [1.807, 2.05) is 96.8 Å². The lowest BCUT2D eigenvalue weighted by Crippen LogP contribution is -2.29. The molecule has 1 aliphatic rings. The molecule has 2 N–H and O–H groups in total. The van der Waals surface area contributed by atoms with Gasteiger partial charge in [-0.1, -0.05) is 35.9 Å². The Morgan fingerprint density at radius 3 is 2.40 bits per heavy atom. The van der Waals surface area contributed by atoms with Crippen LogP contribution in [0.15, 0.2) is 114 Å². The van der Waals surface area contributed by atoms with Crippen LogP contribution in [-0.2, 0) is 0 Å². The monoisotopic (exact) mass is 547 g/mol. The minimum absolute atomic E-state index is 0.195. The Labute approximate surface area is 236 Å². The summed E-state index contributed by atoms with van der Waals surface area (Å²) in [5, 5.41) is 13.4. The van der Waals surface area contributed by atoms with Gasteiger partial charge in [-0.25, -0.2) is 4.79 Å². The molecule has 1 saturated heterocycles. The summed E-state index contributed by atoms with van der Waals surface area (Å²) in [6, 6.07) is 31.2. The van der Waals surface area contributed by atoms with Gasteiger partial charge in [0.2, 0.25) is 0 Å². The molecule has 40 heavy (non-hydrogen) atoms. The number of rotatable bonds is 7. The number of hydrogen-bond acceptors (Lipinski definition) is 5. The fraction of sp³-hybridized carbons (Fsp3) is 0.0938. The van der Waals surface area contributed by atoms with E-state index in [0.29, 0.717) is 27.9 Å². The predicted molar refractivity (Wildman–Crippen MR) is 157 cm³/mol. The molecule has 8 heteroatoms. The molecule has 0 bridgehead atoms. The van der Waals surface area contributed by atoms with Gasteiger partial charge in [0.05, 0.1) is 17.3 Å². The number of aryl methyl sites for hydroxylation is 1. The summed E-state index contributed by atoms with van der Waals surface area (Å²) in [4.78, 5) is 18.1. The number of pyridine rings is 1. The first-order valence-electron chi connectivity index (χ1n) is 12.7. The van der Waals surface area contributed by atoms with Crippen molar-refractivity contribution in [2.24, 2.45) is 0 Å². The number of benzene rings is 3. The van der Waals surface area contributed by atoms with Crippen molar-refractivity contribution in [3.8, 4) is 22.8 Å². The van der Waals surface area contributed by atoms with E-state index < -0.39 is 5.97 Å². The normalized spacial score (nSPS) is 16.5. The Morgan fingerprint density at radius 2 is 1.70 bits per heavy atom. The molecule has 5 aromatic rings. The number of carboxylic acid groups (broad SMARTS) is 1. The number of carbonyl (C=O) groups is 1. The zero-order valence-electron chi connectivity index (χ0n) is 21.5. The van der Waals surface area contributed by atoms with Gasteiger partial charge in [-0.2, -0.15) is 0 Å². The van der Waals surface area contributed by atoms with Crippen LogP contribution in [0.4, 0.5) is 5.69 Å². The first kappa shape index (κ1) is 25.3. The molecule has 6 rings (SSSR count). The van der Waals surface area contributed by atoms with Crippen LogP contribution in [0.3, 0.4) is 0 Å². The Bertz CT molecular complexity index is 1670. The number of aromatic nitrogens is 1. The second kappa shape index (κ2) is 10.7. The van der Waals surface area contributed by atoms with Crippen LogP contribution in [0.1, 0.15) is 39.5 Å². The Kier molecular flexibility index (Phi) is 6.76. The molecule has 0 saturated carbocycles. The molecule has 0 aliphatic carbocycles. The molecular weight excluding hydrogens is 522 g/mol. The highest BCUT2D eigenvalue weighted by molar-refractivity contribution is 7.80. The lowest BCUT2D eigenvalue weighted by molar-refractivity contribution is 0.0697. The Morgan fingerprint density at radius 1 is 0.950 bits per heavy atom. The Balaban J connectivity index is 1.35. The van der Waals surface area contributed by atoms with Crippen molar-refractivity contribution in [3.05, 3.63) is 132 Å². The van der Waals surface area contributed by atoms with E-state index in [1.54, 1.807) is 24.4 Å². The molecule has 0 radical (unpaired) electrons. The second-order valence-electron chi connectivity index (χ2n) is 9.49. The van der Waals surface area contributed by atoms with Gasteiger partial charge in [0.15, 0.2) is 5.11 Å². The van der Waals surface area contributed by atoms with Crippen molar-refractivity contribution in [1.82, 2.24) is 10.3 Å². The highest BCUT2D eigenvalue weighted by Gasteiger charge is 2.42. The Hall–Kier alpha value is -4.95. The predicted octanol–water partition coefficient (Wildman–Crippen LogP) is 7.32. The van der Waals surface area contributed by atoms with Crippen LogP contribution in [0, 0.1) is 6.92 Å². The van der Waals surface area contributed by atoms with Crippen LogP contribution >= 0.6 is 12.2 Å². The maximum atomic E-state index is 11.5. The molecular formula is C32H25N3O4S. The summed E-state index contributed by atoms with van der Waals surface area (Å²) in [5.41, 5.74) is 3.73. The van der Waals surface area contributed by atoms with Gasteiger partial charge in [-0.3, -0.25) is 4.98 Å². The summed E-state index contributed by atoms with van der Waals surface area (Å²) < 4.78 is 12.4. The third-order valence-electron chi connectivity index (χ3n) is 6.78. The third kappa shape index (κ3) is 5.04. The van der Waals surface area contributed by atoms with Gasteiger partial charge < -0.3 is 24.5 Å². The first-order valence-corrected chi connectivity index (χ1v) is 13.2. The third-order valence-corrected chi connectivity index (χ3v) is 7.10. The molecule has 2 atom stereocenters. The SMILES string of the molecule is Cc1ccc(Oc2ccc(N3C(=S)N[C@@H](c4ccccn4)[C@@H]3c3ccc(-c4cccc(C(=O)O)c4)o3)cc2)cc1. The lowest BCUT2D eigenvalue weighted by atomic mass is 10.0. The van der Waals surface area contributed by atoms with Gasteiger partial charge in [-0.05, 0) is 91.9 Å². The van der Waals surface area contributed by atoms with Crippen LogP contribution in [-0.4, -0.2) is 21.2 Å². The minimum Gasteiger partial charge on any atom is -0.478 e. The summed E-state index contributed by atoms with van der Waals surface area (Å²) >= 11 is 5.82. The van der Waals surface area contributed by atoms with E-state index in [2.05, 4.69) is 10.3 Å². The second-order valence-corrected chi connectivity index (χ2v) is 9.88. The number of nitrogens with one attached hydrogen (secondary N) is 1. The highest BCUT2D eigenvalue weighted by atomic mass is 32.1. The molecule has 198 valence electrons. The molecule has 2 aromatic heterocycles. The van der Waals surface area contributed by atoms with E-state index in [9.17, 15) is 9.90 Å². The lowest BCUT2D eigenvalue weighted by Gasteiger charge is -2.26. The quantitative estimate of drug-likeness (QED) is 0.205. The zero-order valence-corrected chi connectivity index (χ0v) is 22.3. The molecule has 0 spiro atoms. The van der Waals surface area contributed by atoms with E-state index in [0.717, 1.165) is 17.1 Å². The van der Waals surface area contributed by atoms with Crippen molar-refractivity contribution in [3.63, 3.8) is 0 Å². The van der Waals surface area contributed by atoms with Crippen molar-refractivity contribution >= 4 is 29.0 Å². The van der Waals surface area contributed by atoms with Crippen LogP contribution in [0.2, 0.25) is 0 Å². The maximum Gasteiger partial charge on any atom is 0.335 e. The van der Waals surface area contributed by atoms with E-state index >= 15 is 0 Å². The molecule has 0 amide bonds. The average molecular weight is 548 g/mol. The van der Waals surface area contributed by atoms with Crippen molar-refractivity contribution < 1.29 is 19.1 Å². The van der Waals surface area contributed by atoms with Crippen LogP contribution in [0.5, 0.6) is 11.5 Å². The fourth-order valence-corrected chi connectivity index (χ4v) is 5.16. The summed E-state index contributed by atoms with van der Waals surface area (Å²) in [6.45, 7) is 2.04. The molecule has 3 aromatic carbocycles. The average Bonchev–Trinajstić information content (AvgIpc) is 3.60. The topological polar surface area (TPSA) is 87.8 Å². The van der Waals surface area contributed by atoms with Crippen molar-refractivity contribution in [2.45, 2.75) is 19.0 Å². The summed E-state index contributed by atoms with van der Waals surface area (Å²) in [6.07, 6.45) is 1.75. The highest BCUT2D eigenvalue weighted by Crippen LogP contribution is 2.43. The molecule has 1 aliphatic heterocycles. The van der Waals surface area contributed by atoms with Gasteiger partial charge in [0.25, 0.3) is 0 Å². The number of hydrogen-bond donors (Lipinski definition) is 2. The smallest absolute Gasteiger partial charge is 0.335 e. The van der Waals surface area contributed by atoms with Crippen molar-refractivity contribution in [2.75, 3.05) is 4.90 Å². The van der Waals surface area contributed by atoms with Crippen molar-refractivity contribution in [1.29, 1.82) is 0 Å². The number of nitrogens with zero attached hydrogens (tertiary/aromatic N) is 2. The first-order chi connectivity index (χ1) is 19.5. The summed E-state index contributed by atoms with van der Waals surface area (Å²) in [5.74, 6) is 1.72. The number of ether oxygens (including phenoxy) is 1. The molecule has 0 unspecified atom stereocenters. The molecule has 1 fully saturated rings.